The fraction of sp³-hybridized carbons (Fsp3) is 0.812. The molecule has 0 aromatic carbocycles. The molecule has 1 saturated heterocycles. The Bertz CT molecular complexity index is 589. The van der Waals surface area contributed by atoms with Crippen molar-refractivity contribution in [2.75, 3.05) is 33.2 Å². The average Bonchev–Trinajstić information content (AvgIpc) is 2.90. The van der Waals surface area contributed by atoms with Gasteiger partial charge in [-0.25, -0.2) is 0 Å². The Morgan fingerprint density at radius 1 is 1.23 bits per heavy atom. The van der Waals surface area contributed by atoms with Crippen LogP contribution in [0.1, 0.15) is 30.9 Å². The lowest BCUT2D eigenvalue weighted by atomic mass is 9.93. The highest BCUT2D eigenvalue weighted by atomic mass is 19.4. The lowest BCUT2D eigenvalue weighted by Gasteiger charge is -2.32. The number of guanidine groups is 1. The van der Waals surface area contributed by atoms with E-state index >= 15 is 0 Å². The van der Waals surface area contributed by atoms with E-state index in [0.29, 0.717) is 31.5 Å². The van der Waals surface area contributed by atoms with Gasteiger partial charge in [0.1, 0.15) is 5.82 Å². The van der Waals surface area contributed by atoms with Crippen LogP contribution >= 0.6 is 0 Å². The molecule has 1 aromatic rings. The zero-order chi connectivity index (χ0) is 19.2. The van der Waals surface area contributed by atoms with Crippen molar-refractivity contribution in [2.45, 2.75) is 38.9 Å². The van der Waals surface area contributed by atoms with Gasteiger partial charge in [0.05, 0.1) is 13.1 Å². The number of hydrogen-bond donors (Lipinski definition) is 2. The minimum atomic E-state index is -4.10. The largest absolute Gasteiger partial charge is 0.401 e. The molecule has 7 nitrogen and oxygen atoms in total. The Balaban J connectivity index is 1.64. The summed E-state index contributed by atoms with van der Waals surface area (Å²) in [5.41, 5.74) is 0. The molecule has 0 unspecified atom stereocenters. The van der Waals surface area contributed by atoms with Gasteiger partial charge >= 0.3 is 6.18 Å². The topological polar surface area (TPSA) is 70.4 Å². The number of aryl methyl sites for hydroxylation is 1. The van der Waals surface area contributed by atoms with E-state index in [1.54, 1.807) is 7.05 Å². The number of nitrogens with one attached hydrogen (secondary N) is 2. The second kappa shape index (κ2) is 9.20. The van der Waals surface area contributed by atoms with Crippen LogP contribution in [0.5, 0.6) is 0 Å². The SMILES string of the molecule is CN=C(NCCC1CCN(CC(F)(F)F)CC1)NCc1nnc(C)n1C. The molecule has 0 radical (unpaired) electrons. The van der Waals surface area contributed by atoms with Crippen molar-refractivity contribution in [3.05, 3.63) is 11.6 Å². The maximum absolute atomic E-state index is 12.4. The normalized spacial score (nSPS) is 17.5. The van der Waals surface area contributed by atoms with Gasteiger partial charge in [0.25, 0.3) is 0 Å². The van der Waals surface area contributed by atoms with E-state index in [4.69, 9.17) is 0 Å². The fourth-order valence-corrected chi connectivity index (χ4v) is 3.07. The molecule has 10 heteroatoms. The first-order valence-electron chi connectivity index (χ1n) is 8.87. The fourth-order valence-electron chi connectivity index (χ4n) is 3.07. The number of likely N-dealkylation sites (tertiary alicyclic amines) is 1. The van der Waals surface area contributed by atoms with Crippen molar-refractivity contribution in [3.8, 4) is 0 Å². The Morgan fingerprint density at radius 3 is 2.46 bits per heavy atom. The molecule has 2 N–H and O–H groups in total. The van der Waals surface area contributed by atoms with Crippen LogP contribution in [0.25, 0.3) is 0 Å². The van der Waals surface area contributed by atoms with Crippen LogP contribution in [0.3, 0.4) is 0 Å². The molecule has 0 saturated carbocycles. The minimum Gasteiger partial charge on any atom is -0.356 e. The zero-order valence-electron chi connectivity index (χ0n) is 15.6. The van der Waals surface area contributed by atoms with Crippen LogP contribution in [0, 0.1) is 12.8 Å². The van der Waals surface area contributed by atoms with Gasteiger partial charge in [0, 0.05) is 20.6 Å². The van der Waals surface area contributed by atoms with Crippen molar-refractivity contribution < 1.29 is 13.2 Å². The van der Waals surface area contributed by atoms with E-state index in [9.17, 15) is 13.2 Å². The molecular formula is C16H28F3N7. The second-order valence-corrected chi connectivity index (χ2v) is 6.70. The molecule has 1 fully saturated rings. The molecule has 2 rings (SSSR count). The van der Waals surface area contributed by atoms with E-state index in [-0.39, 0.29) is 0 Å². The molecule has 1 aliphatic heterocycles. The summed E-state index contributed by atoms with van der Waals surface area (Å²) in [7, 11) is 3.61. The first-order valence-corrected chi connectivity index (χ1v) is 8.87. The maximum atomic E-state index is 12.4. The molecule has 26 heavy (non-hydrogen) atoms. The molecule has 0 aliphatic carbocycles. The van der Waals surface area contributed by atoms with Crippen LogP contribution in [-0.4, -0.2) is 65.0 Å². The van der Waals surface area contributed by atoms with Crippen molar-refractivity contribution in [1.29, 1.82) is 0 Å². The van der Waals surface area contributed by atoms with Gasteiger partial charge in [-0.2, -0.15) is 13.2 Å². The van der Waals surface area contributed by atoms with Gasteiger partial charge in [0.2, 0.25) is 0 Å². The third-order valence-corrected chi connectivity index (χ3v) is 4.78. The van der Waals surface area contributed by atoms with Gasteiger partial charge in [-0.05, 0) is 45.2 Å². The summed E-state index contributed by atoms with van der Waals surface area (Å²) in [5.74, 6) is 2.80. The summed E-state index contributed by atoms with van der Waals surface area (Å²) in [4.78, 5) is 5.67. The maximum Gasteiger partial charge on any atom is 0.401 e. The summed E-state index contributed by atoms with van der Waals surface area (Å²) in [6.45, 7) is 3.39. The third-order valence-electron chi connectivity index (χ3n) is 4.78. The average molecular weight is 375 g/mol. The van der Waals surface area contributed by atoms with Crippen molar-refractivity contribution in [2.24, 2.45) is 18.0 Å². The molecule has 2 heterocycles. The van der Waals surface area contributed by atoms with Crippen molar-refractivity contribution in [3.63, 3.8) is 0 Å². The molecular weight excluding hydrogens is 347 g/mol. The summed E-state index contributed by atoms with van der Waals surface area (Å²) in [6.07, 6.45) is -1.57. The standard InChI is InChI=1S/C16H28F3N7/c1-12-23-24-14(25(12)3)10-22-15(20-2)21-7-4-13-5-8-26(9-6-13)11-16(17,18)19/h13H,4-11H2,1-3H3,(H2,20,21,22). The predicted molar refractivity (Wildman–Crippen MR) is 93.8 cm³/mol. The lowest BCUT2D eigenvalue weighted by molar-refractivity contribution is -0.148. The number of halogens is 3. The molecule has 1 aliphatic rings. The Hall–Kier alpha value is -1.84. The Labute approximate surface area is 152 Å². The van der Waals surface area contributed by atoms with Crippen LogP contribution in [-0.2, 0) is 13.6 Å². The number of nitrogens with zero attached hydrogens (tertiary/aromatic N) is 5. The smallest absolute Gasteiger partial charge is 0.356 e. The highest BCUT2D eigenvalue weighted by Crippen LogP contribution is 2.23. The van der Waals surface area contributed by atoms with Gasteiger partial charge in [-0.3, -0.25) is 9.89 Å². The highest BCUT2D eigenvalue weighted by molar-refractivity contribution is 5.79. The number of alkyl halides is 3. The van der Waals surface area contributed by atoms with Crippen molar-refractivity contribution in [1.82, 2.24) is 30.3 Å². The summed E-state index contributed by atoms with van der Waals surface area (Å²) >= 11 is 0. The second-order valence-electron chi connectivity index (χ2n) is 6.70. The number of piperidine rings is 1. The van der Waals surface area contributed by atoms with Crippen molar-refractivity contribution >= 4 is 5.96 Å². The number of aromatic nitrogens is 3. The lowest BCUT2D eigenvalue weighted by Crippen LogP contribution is -2.41. The third kappa shape index (κ3) is 6.47. The Kier molecular flexibility index (Phi) is 7.24. The molecule has 0 spiro atoms. The molecule has 148 valence electrons. The van der Waals surface area contributed by atoms with Crippen LogP contribution in [0.4, 0.5) is 13.2 Å². The van der Waals surface area contributed by atoms with Crippen LogP contribution < -0.4 is 10.6 Å². The summed E-state index contributed by atoms with van der Waals surface area (Å²) < 4.78 is 39.1. The van der Waals surface area contributed by atoms with Gasteiger partial charge < -0.3 is 15.2 Å². The Morgan fingerprint density at radius 2 is 1.92 bits per heavy atom. The minimum absolute atomic E-state index is 0.450. The van der Waals surface area contributed by atoms with Gasteiger partial charge in [0.15, 0.2) is 11.8 Å². The van der Waals surface area contributed by atoms with E-state index in [1.165, 1.54) is 4.90 Å². The van der Waals surface area contributed by atoms with E-state index in [1.807, 2.05) is 18.5 Å². The number of aliphatic imine (C=N–C) groups is 1. The first-order chi connectivity index (χ1) is 12.3. The number of rotatable bonds is 6. The first kappa shape index (κ1) is 20.5. The van der Waals surface area contributed by atoms with E-state index in [0.717, 1.165) is 37.5 Å². The molecule has 1 aromatic heterocycles. The van der Waals surface area contributed by atoms with E-state index in [2.05, 4.69) is 25.8 Å². The molecule has 0 amide bonds. The quantitative estimate of drug-likeness (QED) is 0.582. The molecule has 0 atom stereocenters. The monoisotopic (exact) mass is 375 g/mol. The molecule has 0 bridgehead atoms. The summed E-state index contributed by atoms with van der Waals surface area (Å²) in [6, 6.07) is 0. The number of hydrogen-bond acceptors (Lipinski definition) is 4. The van der Waals surface area contributed by atoms with Crippen LogP contribution in [0.2, 0.25) is 0 Å². The van der Waals surface area contributed by atoms with Crippen LogP contribution in [0.15, 0.2) is 4.99 Å². The van der Waals surface area contributed by atoms with Gasteiger partial charge in [-0.15, -0.1) is 10.2 Å². The van der Waals surface area contributed by atoms with Gasteiger partial charge in [-0.1, -0.05) is 0 Å². The predicted octanol–water partition coefficient (Wildman–Crippen LogP) is 1.45. The summed E-state index contributed by atoms with van der Waals surface area (Å²) in [5, 5.41) is 14.5. The zero-order valence-corrected chi connectivity index (χ0v) is 15.6. The highest BCUT2D eigenvalue weighted by Gasteiger charge is 2.32. The van der Waals surface area contributed by atoms with E-state index < -0.39 is 12.7 Å².